The number of likely N-dealkylation sites (tertiary alicyclic amines) is 1. The molecule has 3 rings (SSSR count). The summed E-state index contributed by atoms with van der Waals surface area (Å²) < 4.78 is 0. The molecular formula is C16H29N3O. The van der Waals surface area contributed by atoms with E-state index >= 15 is 0 Å². The van der Waals surface area contributed by atoms with Crippen LogP contribution in [-0.4, -0.2) is 61.0 Å². The van der Waals surface area contributed by atoms with Crippen molar-refractivity contribution in [3.8, 4) is 0 Å². The van der Waals surface area contributed by atoms with Crippen molar-refractivity contribution < 1.29 is 4.79 Å². The van der Waals surface area contributed by atoms with Crippen LogP contribution in [0.15, 0.2) is 0 Å². The van der Waals surface area contributed by atoms with E-state index in [-0.39, 0.29) is 0 Å². The van der Waals surface area contributed by atoms with Crippen molar-refractivity contribution in [3.05, 3.63) is 0 Å². The standard InChI is InChI=1S/C16H29N3O/c1-18-7-3-4-15(11-18)19(2)16(20)10-12-8-13-5-6-14(9-12)17-13/h12-15,17H,3-11H2,1-2H3. The molecule has 3 saturated heterocycles. The molecule has 3 fully saturated rings. The summed E-state index contributed by atoms with van der Waals surface area (Å²) in [6, 6.07) is 1.81. The van der Waals surface area contributed by atoms with Gasteiger partial charge in [-0.05, 0) is 58.0 Å². The summed E-state index contributed by atoms with van der Waals surface area (Å²) in [6.45, 7) is 2.22. The number of likely N-dealkylation sites (N-methyl/N-ethyl adjacent to an activating group) is 2. The molecule has 1 N–H and O–H groups in total. The lowest BCUT2D eigenvalue weighted by Crippen LogP contribution is -2.48. The Balaban J connectivity index is 1.50. The van der Waals surface area contributed by atoms with Gasteiger partial charge < -0.3 is 15.1 Å². The summed E-state index contributed by atoms with van der Waals surface area (Å²) in [5.74, 6) is 0.988. The van der Waals surface area contributed by atoms with Crippen LogP contribution in [0.5, 0.6) is 0 Å². The van der Waals surface area contributed by atoms with Crippen LogP contribution in [0.3, 0.4) is 0 Å². The molecule has 3 heterocycles. The first-order valence-electron chi connectivity index (χ1n) is 8.32. The van der Waals surface area contributed by atoms with E-state index in [1.807, 2.05) is 11.9 Å². The molecule has 3 atom stereocenters. The summed E-state index contributed by atoms with van der Waals surface area (Å²) in [5, 5.41) is 3.66. The third-order valence-electron chi connectivity index (χ3n) is 5.57. The van der Waals surface area contributed by atoms with E-state index in [0.717, 1.165) is 13.0 Å². The zero-order valence-corrected chi connectivity index (χ0v) is 13.0. The maximum absolute atomic E-state index is 12.5. The van der Waals surface area contributed by atoms with Gasteiger partial charge in [-0.15, -0.1) is 0 Å². The predicted octanol–water partition coefficient (Wildman–Crippen LogP) is 1.46. The van der Waals surface area contributed by atoms with Gasteiger partial charge in [-0.25, -0.2) is 0 Å². The van der Waals surface area contributed by atoms with Gasteiger partial charge in [-0.1, -0.05) is 0 Å². The molecule has 0 radical (unpaired) electrons. The first kappa shape index (κ1) is 14.3. The number of nitrogens with one attached hydrogen (secondary N) is 1. The van der Waals surface area contributed by atoms with Crippen molar-refractivity contribution in [1.82, 2.24) is 15.1 Å². The first-order chi connectivity index (χ1) is 9.61. The molecule has 3 unspecified atom stereocenters. The quantitative estimate of drug-likeness (QED) is 0.849. The monoisotopic (exact) mass is 279 g/mol. The molecule has 0 aliphatic carbocycles. The number of piperidine rings is 2. The number of hydrogen-bond donors (Lipinski definition) is 1. The normalized spacial score (nSPS) is 37.9. The van der Waals surface area contributed by atoms with E-state index in [0.29, 0.717) is 30.0 Å². The Morgan fingerprint density at radius 3 is 2.60 bits per heavy atom. The van der Waals surface area contributed by atoms with Crippen molar-refractivity contribution in [3.63, 3.8) is 0 Å². The molecule has 4 heteroatoms. The Hall–Kier alpha value is -0.610. The highest BCUT2D eigenvalue weighted by atomic mass is 16.2. The fraction of sp³-hybridized carbons (Fsp3) is 0.938. The molecule has 0 spiro atoms. The Morgan fingerprint density at radius 2 is 1.95 bits per heavy atom. The number of rotatable bonds is 3. The Labute approximate surface area is 122 Å². The Morgan fingerprint density at radius 1 is 1.25 bits per heavy atom. The Kier molecular flexibility index (Phi) is 4.32. The summed E-state index contributed by atoms with van der Waals surface area (Å²) in [4.78, 5) is 16.9. The van der Waals surface area contributed by atoms with Crippen LogP contribution in [0.2, 0.25) is 0 Å². The minimum absolute atomic E-state index is 0.372. The molecule has 0 saturated carbocycles. The van der Waals surface area contributed by atoms with Gasteiger partial charge >= 0.3 is 0 Å². The highest BCUT2D eigenvalue weighted by Crippen LogP contribution is 2.33. The average Bonchev–Trinajstić information content (AvgIpc) is 2.77. The summed E-state index contributed by atoms with van der Waals surface area (Å²) in [6.07, 6.45) is 8.21. The largest absolute Gasteiger partial charge is 0.341 e. The third-order valence-corrected chi connectivity index (χ3v) is 5.57. The second-order valence-electron chi connectivity index (χ2n) is 7.24. The van der Waals surface area contributed by atoms with Gasteiger partial charge in [0.05, 0.1) is 0 Å². The maximum Gasteiger partial charge on any atom is 0.222 e. The van der Waals surface area contributed by atoms with E-state index in [1.165, 1.54) is 45.1 Å². The van der Waals surface area contributed by atoms with E-state index in [2.05, 4.69) is 17.3 Å². The van der Waals surface area contributed by atoms with Gasteiger partial charge in [-0.2, -0.15) is 0 Å². The van der Waals surface area contributed by atoms with E-state index < -0.39 is 0 Å². The lowest BCUT2D eigenvalue weighted by molar-refractivity contribution is -0.134. The lowest BCUT2D eigenvalue weighted by atomic mass is 9.89. The third kappa shape index (κ3) is 3.17. The summed E-state index contributed by atoms with van der Waals surface area (Å²) >= 11 is 0. The van der Waals surface area contributed by atoms with Crippen molar-refractivity contribution in [2.24, 2.45) is 5.92 Å². The van der Waals surface area contributed by atoms with Crippen LogP contribution in [-0.2, 0) is 4.79 Å². The number of carbonyl (C=O) groups excluding carboxylic acids is 1. The molecule has 1 amide bonds. The highest BCUT2D eigenvalue weighted by Gasteiger charge is 2.35. The highest BCUT2D eigenvalue weighted by molar-refractivity contribution is 5.76. The van der Waals surface area contributed by atoms with Crippen molar-refractivity contribution in [2.75, 3.05) is 27.2 Å². The number of carbonyl (C=O) groups is 1. The van der Waals surface area contributed by atoms with E-state index in [9.17, 15) is 4.79 Å². The van der Waals surface area contributed by atoms with Gasteiger partial charge in [0, 0.05) is 38.1 Å². The zero-order valence-electron chi connectivity index (χ0n) is 13.0. The lowest BCUT2D eigenvalue weighted by Gasteiger charge is -2.37. The second kappa shape index (κ2) is 6.02. The molecule has 2 bridgehead atoms. The SMILES string of the molecule is CN1CCCC(N(C)C(=O)CC2CC3CCC(C2)N3)C1. The number of hydrogen-bond acceptors (Lipinski definition) is 3. The Bertz CT molecular complexity index is 348. The molecule has 0 aromatic heterocycles. The van der Waals surface area contributed by atoms with Crippen molar-refractivity contribution in [1.29, 1.82) is 0 Å². The molecule has 114 valence electrons. The van der Waals surface area contributed by atoms with Gasteiger partial charge in [-0.3, -0.25) is 4.79 Å². The molecule has 20 heavy (non-hydrogen) atoms. The van der Waals surface area contributed by atoms with Crippen molar-refractivity contribution in [2.45, 2.75) is 63.1 Å². The zero-order chi connectivity index (χ0) is 14.1. The molecule has 4 nitrogen and oxygen atoms in total. The maximum atomic E-state index is 12.5. The van der Waals surface area contributed by atoms with E-state index in [4.69, 9.17) is 0 Å². The van der Waals surface area contributed by atoms with Crippen LogP contribution in [0.1, 0.15) is 44.9 Å². The molecule has 0 aromatic carbocycles. The van der Waals surface area contributed by atoms with Crippen LogP contribution in [0.4, 0.5) is 0 Å². The predicted molar refractivity (Wildman–Crippen MR) is 80.6 cm³/mol. The molecule has 3 aliphatic heterocycles. The average molecular weight is 279 g/mol. The van der Waals surface area contributed by atoms with Gasteiger partial charge in [0.15, 0.2) is 0 Å². The number of amides is 1. The van der Waals surface area contributed by atoms with E-state index in [1.54, 1.807) is 0 Å². The minimum atomic E-state index is 0.372. The van der Waals surface area contributed by atoms with Gasteiger partial charge in [0.1, 0.15) is 0 Å². The fourth-order valence-corrected chi connectivity index (χ4v) is 4.39. The smallest absolute Gasteiger partial charge is 0.222 e. The molecule has 3 aliphatic rings. The molecule has 0 aromatic rings. The summed E-state index contributed by atoms with van der Waals surface area (Å²) in [5.41, 5.74) is 0. The van der Waals surface area contributed by atoms with Crippen LogP contribution < -0.4 is 5.32 Å². The summed E-state index contributed by atoms with van der Waals surface area (Å²) in [7, 11) is 4.18. The van der Waals surface area contributed by atoms with Crippen LogP contribution >= 0.6 is 0 Å². The number of nitrogens with zero attached hydrogens (tertiary/aromatic N) is 2. The topological polar surface area (TPSA) is 35.6 Å². The van der Waals surface area contributed by atoms with Crippen LogP contribution in [0.25, 0.3) is 0 Å². The fourth-order valence-electron chi connectivity index (χ4n) is 4.39. The van der Waals surface area contributed by atoms with Crippen molar-refractivity contribution >= 4 is 5.91 Å². The minimum Gasteiger partial charge on any atom is -0.341 e. The molecular weight excluding hydrogens is 250 g/mol. The number of fused-ring (bicyclic) bond motifs is 2. The van der Waals surface area contributed by atoms with Crippen LogP contribution in [0, 0.1) is 5.92 Å². The second-order valence-corrected chi connectivity index (χ2v) is 7.24. The van der Waals surface area contributed by atoms with Gasteiger partial charge in [0.25, 0.3) is 0 Å². The first-order valence-corrected chi connectivity index (χ1v) is 8.32. The van der Waals surface area contributed by atoms with Gasteiger partial charge in [0.2, 0.25) is 5.91 Å².